The fraction of sp³-hybridized carbons (Fsp3) is 0.467. The first-order valence-corrected chi connectivity index (χ1v) is 7.09. The van der Waals surface area contributed by atoms with Crippen molar-refractivity contribution in [1.82, 2.24) is 14.8 Å². The molecule has 1 aromatic carbocycles. The van der Waals surface area contributed by atoms with Gasteiger partial charge in [-0.15, -0.1) is 0 Å². The molecule has 2 rings (SSSR count). The van der Waals surface area contributed by atoms with Crippen LogP contribution in [0, 0.1) is 0 Å². The molecule has 1 unspecified atom stereocenters. The van der Waals surface area contributed by atoms with Gasteiger partial charge in [-0.2, -0.15) is 5.10 Å². The van der Waals surface area contributed by atoms with Crippen molar-refractivity contribution in [3.8, 4) is 5.75 Å². The molecule has 1 heterocycles. The maximum Gasteiger partial charge on any atom is 0.138 e. The number of para-hydroxylation sites is 1. The smallest absolute Gasteiger partial charge is 0.138 e. The topological polar surface area (TPSA) is 66.0 Å². The Bertz CT molecular complexity index is 498. The van der Waals surface area contributed by atoms with E-state index < -0.39 is 0 Å². The van der Waals surface area contributed by atoms with E-state index in [0.29, 0.717) is 6.61 Å². The van der Waals surface area contributed by atoms with E-state index in [4.69, 9.17) is 10.5 Å². The lowest BCUT2D eigenvalue weighted by Gasteiger charge is -2.12. The summed E-state index contributed by atoms with van der Waals surface area (Å²) in [5.74, 6) is 1.84. The van der Waals surface area contributed by atoms with Gasteiger partial charge in [-0.25, -0.2) is 4.98 Å². The Morgan fingerprint density at radius 2 is 2.10 bits per heavy atom. The van der Waals surface area contributed by atoms with Crippen LogP contribution >= 0.6 is 0 Å². The van der Waals surface area contributed by atoms with E-state index in [0.717, 1.165) is 37.4 Å². The predicted octanol–water partition coefficient (Wildman–Crippen LogP) is 2.03. The Morgan fingerprint density at radius 3 is 2.85 bits per heavy atom. The van der Waals surface area contributed by atoms with Crippen LogP contribution in [-0.4, -0.2) is 27.4 Å². The zero-order chi connectivity index (χ0) is 14.2. The summed E-state index contributed by atoms with van der Waals surface area (Å²) in [6, 6.07) is 9.83. The van der Waals surface area contributed by atoms with Crippen molar-refractivity contribution < 1.29 is 4.74 Å². The number of hydrogen-bond acceptors (Lipinski definition) is 4. The summed E-state index contributed by atoms with van der Waals surface area (Å²) in [6.45, 7) is 3.63. The molecule has 0 aliphatic carbocycles. The lowest BCUT2D eigenvalue weighted by atomic mass is 10.1. The molecule has 20 heavy (non-hydrogen) atoms. The van der Waals surface area contributed by atoms with Crippen LogP contribution in [0.25, 0.3) is 0 Å². The number of aromatic nitrogens is 3. The normalized spacial score (nSPS) is 12.3. The highest BCUT2D eigenvalue weighted by Gasteiger charge is 2.10. The summed E-state index contributed by atoms with van der Waals surface area (Å²) in [6.07, 6.45) is 4.17. The third-order valence-electron chi connectivity index (χ3n) is 3.08. The molecular weight excluding hydrogens is 252 g/mol. The predicted molar refractivity (Wildman–Crippen MR) is 78.5 cm³/mol. The molecular formula is C15H22N4O. The van der Waals surface area contributed by atoms with Crippen LogP contribution in [0.2, 0.25) is 0 Å². The highest BCUT2D eigenvalue weighted by atomic mass is 16.5. The third-order valence-corrected chi connectivity index (χ3v) is 3.08. The molecule has 1 atom stereocenters. The van der Waals surface area contributed by atoms with Crippen molar-refractivity contribution in [2.75, 3.05) is 6.61 Å². The summed E-state index contributed by atoms with van der Waals surface area (Å²) >= 11 is 0. The fourth-order valence-electron chi connectivity index (χ4n) is 2.03. The number of benzene rings is 1. The summed E-state index contributed by atoms with van der Waals surface area (Å²) in [4.78, 5) is 4.27. The van der Waals surface area contributed by atoms with Gasteiger partial charge in [0.1, 0.15) is 17.9 Å². The van der Waals surface area contributed by atoms with E-state index in [9.17, 15) is 0 Å². The lowest BCUT2D eigenvalue weighted by molar-refractivity contribution is 0.296. The van der Waals surface area contributed by atoms with E-state index in [-0.39, 0.29) is 6.04 Å². The third kappa shape index (κ3) is 4.35. The van der Waals surface area contributed by atoms with Crippen molar-refractivity contribution in [2.45, 2.75) is 38.8 Å². The van der Waals surface area contributed by atoms with E-state index in [2.05, 4.69) is 17.0 Å². The quantitative estimate of drug-likeness (QED) is 0.800. The molecule has 2 aromatic rings. The van der Waals surface area contributed by atoms with Gasteiger partial charge in [0.15, 0.2) is 0 Å². The Morgan fingerprint density at radius 1 is 1.30 bits per heavy atom. The summed E-state index contributed by atoms with van der Waals surface area (Å²) in [7, 11) is 0. The largest absolute Gasteiger partial charge is 0.494 e. The molecule has 0 aliphatic heterocycles. The molecule has 5 nitrogen and oxygen atoms in total. The standard InChI is InChI=1S/C15H22N4O/c1-2-9-19-15(17-12-18-19)11-13(16)8-10-20-14-6-4-3-5-7-14/h3-7,12-13H,2,8-11,16H2,1H3. The second kappa shape index (κ2) is 7.65. The van der Waals surface area contributed by atoms with Gasteiger partial charge < -0.3 is 10.5 Å². The zero-order valence-electron chi connectivity index (χ0n) is 11.9. The van der Waals surface area contributed by atoms with E-state index in [1.807, 2.05) is 35.0 Å². The van der Waals surface area contributed by atoms with Crippen LogP contribution in [0.15, 0.2) is 36.7 Å². The average molecular weight is 274 g/mol. The number of nitrogens with zero attached hydrogens (tertiary/aromatic N) is 3. The van der Waals surface area contributed by atoms with Gasteiger partial charge in [0.25, 0.3) is 0 Å². The van der Waals surface area contributed by atoms with Crippen molar-refractivity contribution in [3.05, 3.63) is 42.5 Å². The minimum Gasteiger partial charge on any atom is -0.494 e. The van der Waals surface area contributed by atoms with Gasteiger partial charge in [0.2, 0.25) is 0 Å². The van der Waals surface area contributed by atoms with Crippen molar-refractivity contribution in [1.29, 1.82) is 0 Å². The van der Waals surface area contributed by atoms with E-state index in [1.54, 1.807) is 6.33 Å². The first-order valence-electron chi connectivity index (χ1n) is 7.09. The van der Waals surface area contributed by atoms with Gasteiger partial charge in [0, 0.05) is 19.0 Å². The zero-order valence-corrected chi connectivity index (χ0v) is 11.9. The average Bonchev–Trinajstić information content (AvgIpc) is 2.88. The maximum atomic E-state index is 6.13. The molecule has 0 amide bonds. The minimum atomic E-state index is 0.0403. The van der Waals surface area contributed by atoms with Gasteiger partial charge in [-0.1, -0.05) is 25.1 Å². The first kappa shape index (κ1) is 14.5. The number of ether oxygens (including phenoxy) is 1. The summed E-state index contributed by atoms with van der Waals surface area (Å²) in [5, 5.41) is 4.21. The van der Waals surface area contributed by atoms with Crippen LogP contribution in [0.4, 0.5) is 0 Å². The van der Waals surface area contributed by atoms with Gasteiger partial charge >= 0.3 is 0 Å². The molecule has 1 aromatic heterocycles. The van der Waals surface area contributed by atoms with Gasteiger partial charge in [-0.3, -0.25) is 4.68 Å². The molecule has 0 spiro atoms. The molecule has 0 fully saturated rings. The van der Waals surface area contributed by atoms with E-state index in [1.165, 1.54) is 0 Å². The summed E-state index contributed by atoms with van der Waals surface area (Å²) < 4.78 is 7.58. The molecule has 0 saturated heterocycles. The Labute approximate surface area is 119 Å². The number of nitrogens with two attached hydrogens (primary N) is 1. The number of aryl methyl sites for hydroxylation is 1. The molecule has 108 valence electrons. The molecule has 0 saturated carbocycles. The van der Waals surface area contributed by atoms with Crippen LogP contribution in [-0.2, 0) is 13.0 Å². The van der Waals surface area contributed by atoms with Crippen molar-refractivity contribution >= 4 is 0 Å². The van der Waals surface area contributed by atoms with Gasteiger partial charge in [-0.05, 0) is 25.0 Å². The van der Waals surface area contributed by atoms with Crippen LogP contribution in [0.1, 0.15) is 25.6 Å². The maximum absolute atomic E-state index is 6.13. The Hall–Kier alpha value is -1.88. The van der Waals surface area contributed by atoms with Crippen LogP contribution < -0.4 is 10.5 Å². The second-order valence-corrected chi connectivity index (χ2v) is 4.81. The van der Waals surface area contributed by atoms with Gasteiger partial charge in [0.05, 0.1) is 6.61 Å². The highest BCUT2D eigenvalue weighted by Crippen LogP contribution is 2.09. The highest BCUT2D eigenvalue weighted by molar-refractivity contribution is 5.20. The molecule has 0 radical (unpaired) electrons. The lowest BCUT2D eigenvalue weighted by Crippen LogP contribution is -2.27. The van der Waals surface area contributed by atoms with Crippen molar-refractivity contribution in [3.63, 3.8) is 0 Å². The minimum absolute atomic E-state index is 0.0403. The van der Waals surface area contributed by atoms with Crippen molar-refractivity contribution in [2.24, 2.45) is 5.73 Å². The Balaban J connectivity index is 1.75. The summed E-state index contributed by atoms with van der Waals surface area (Å²) in [5.41, 5.74) is 6.13. The number of hydrogen-bond donors (Lipinski definition) is 1. The SMILES string of the molecule is CCCn1ncnc1CC(N)CCOc1ccccc1. The molecule has 2 N–H and O–H groups in total. The van der Waals surface area contributed by atoms with Crippen LogP contribution in [0.3, 0.4) is 0 Å². The molecule has 5 heteroatoms. The first-order chi connectivity index (χ1) is 9.79. The fourth-order valence-corrected chi connectivity index (χ4v) is 2.03. The monoisotopic (exact) mass is 274 g/mol. The molecule has 0 bridgehead atoms. The van der Waals surface area contributed by atoms with E-state index >= 15 is 0 Å². The Kier molecular flexibility index (Phi) is 5.55. The van der Waals surface area contributed by atoms with Crippen LogP contribution in [0.5, 0.6) is 5.75 Å². The second-order valence-electron chi connectivity index (χ2n) is 4.81. The molecule has 0 aliphatic rings. The number of rotatable bonds is 8.